The summed E-state index contributed by atoms with van der Waals surface area (Å²) < 4.78 is 10.4. The van der Waals surface area contributed by atoms with Gasteiger partial charge in [-0.05, 0) is 23.9 Å². The first-order valence-electron chi connectivity index (χ1n) is 7.11. The molecular formula is C15H19N3O4. The summed E-state index contributed by atoms with van der Waals surface area (Å²) in [6.45, 7) is 0.308. The number of azide groups is 1. The number of aliphatic hydroxyl groups is 1. The molecule has 0 saturated heterocycles. The molecule has 0 bridgehead atoms. The summed E-state index contributed by atoms with van der Waals surface area (Å²) in [6.07, 6.45) is -0.953. The molecule has 0 radical (unpaired) electrons. The topological polar surface area (TPSA) is 105 Å². The monoisotopic (exact) mass is 305 g/mol. The Bertz CT molecular complexity index is 545. The van der Waals surface area contributed by atoms with Crippen molar-refractivity contribution in [3.63, 3.8) is 0 Å². The highest BCUT2D eigenvalue weighted by atomic mass is 16.5. The molecule has 0 aliphatic heterocycles. The number of ether oxygens (including phenoxy) is 2. The van der Waals surface area contributed by atoms with Crippen LogP contribution in [0.3, 0.4) is 0 Å². The smallest absolute Gasteiger partial charge is 0.308 e. The van der Waals surface area contributed by atoms with Crippen molar-refractivity contribution < 1.29 is 19.4 Å². The van der Waals surface area contributed by atoms with Crippen LogP contribution in [0.15, 0.2) is 35.4 Å². The van der Waals surface area contributed by atoms with Crippen LogP contribution >= 0.6 is 0 Å². The molecule has 7 nitrogen and oxygen atoms in total. The Morgan fingerprint density at radius 3 is 2.77 bits per heavy atom. The van der Waals surface area contributed by atoms with Crippen LogP contribution in [0.25, 0.3) is 10.4 Å². The van der Waals surface area contributed by atoms with E-state index < -0.39 is 30.1 Å². The Hall–Kier alpha value is -2.08. The minimum Gasteiger partial charge on any atom is -0.469 e. The lowest BCUT2D eigenvalue weighted by molar-refractivity contribution is -0.153. The largest absolute Gasteiger partial charge is 0.469 e. The van der Waals surface area contributed by atoms with Crippen LogP contribution in [0.2, 0.25) is 0 Å². The van der Waals surface area contributed by atoms with E-state index in [9.17, 15) is 9.90 Å². The number of nitrogens with zero attached hydrogens (tertiary/aromatic N) is 3. The third kappa shape index (κ3) is 3.98. The zero-order chi connectivity index (χ0) is 15.9. The summed E-state index contributed by atoms with van der Waals surface area (Å²) in [5.41, 5.74) is 9.66. The van der Waals surface area contributed by atoms with Gasteiger partial charge in [0.25, 0.3) is 0 Å². The molecular weight excluding hydrogens is 286 g/mol. The van der Waals surface area contributed by atoms with Crippen molar-refractivity contribution in [3.8, 4) is 0 Å². The second-order valence-corrected chi connectivity index (χ2v) is 5.29. The van der Waals surface area contributed by atoms with Gasteiger partial charge in [-0.3, -0.25) is 4.79 Å². The number of benzene rings is 1. The van der Waals surface area contributed by atoms with E-state index in [0.717, 1.165) is 5.56 Å². The predicted molar refractivity (Wildman–Crippen MR) is 78.7 cm³/mol. The first-order chi connectivity index (χ1) is 10.7. The van der Waals surface area contributed by atoms with Gasteiger partial charge in [-0.2, -0.15) is 0 Å². The number of methoxy groups -OCH3 is 1. The molecule has 0 aromatic heterocycles. The Balaban J connectivity index is 2.05. The molecule has 7 heteroatoms. The van der Waals surface area contributed by atoms with Crippen molar-refractivity contribution in [3.05, 3.63) is 46.3 Å². The molecule has 1 fully saturated rings. The summed E-state index contributed by atoms with van der Waals surface area (Å²) in [7, 11) is 1.30. The molecule has 1 saturated carbocycles. The second kappa shape index (κ2) is 7.79. The van der Waals surface area contributed by atoms with Crippen molar-refractivity contribution in [1.82, 2.24) is 0 Å². The van der Waals surface area contributed by atoms with Crippen molar-refractivity contribution in [2.45, 2.75) is 37.7 Å². The van der Waals surface area contributed by atoms with E-state index in [1.807, 2.05) is 30.3 Å². The number of rotatable bonds is 5. The Kier molecular flexibility index (Phi) is 5.77. The van der Waals surface area contributed by atoms with Gasteiger partial charge in [0, 0.05) is 4.91 Å². The maximum Gasteiger partial charge on any atom is 0.308 e. The van der Waals surface area contributed by atoms with E-state index in [4.69, 9.17) is 15.0 Å². The first kappa shape index (κ1) is 16.3. The molecule has 118 valence electrons. The lowest BCUT2D eigenvalue weighted by Gasteiger charge is -2.36. The maximum atomic E-state index is 11.6. The van der Waals surface area contributed by atoms with Crippen LogP contribution in [0.4, 0.5) is 0 Å². The summed E-state index contributed by atoms with van der Waals surface area (Å²) in [4.78, 5) is 14.4. The number of carbonyl (C=O) groups is 1. The fourth-order valence-corrected chi connectivity index (χ4v) is 2.73. The van der Waals surface area contributed by atoms with E-state index in [1.54, 1.807) is 0 Å². The van der Waals surface area contributed by atoms with Gasteiger partial charge in [-0.25, -0.2) is 0 Å². The van der Waals surface area contributed by atoms with Crippen molar-refractivity contribution in [2.24, 2.45) is 11.0 Å². The van der Waals surface area contributed by atoms with Gasteiger partial charge in [-0.15, -0.1) is 0 Å². The van der Waals surface area contributed by atoms with Crippen LogP contribution in [-0.4, -0.2) is 36.4 Å². The molecule has 1 aliphatic carbocycles. The Labute approximate surface area is 128 Å². The third-order valence-electron chi connectivity index (χ3n) is 3.83. The van der Waals surface area contributed by atoms with Gasteiger partial charge in [0.05, 0.1) is 37.9 Å². The third-order valence-corrected chi connectivity index (χ3v) is 3.83. The molecule has 0 heterocycles. The molecule has 2 rings (SSSR count). The van der Waals surface area contributed by atoms with Crippen molar-refractivity contribution in [2.75, 3.05) is 7.11 Å². The normalized spacial score (nSPS) is 27.7. The fourth-order valence-electron chi connectivity index (χ4n) is 2.73. The highest BCUT2D eigenvalue weighted by molar-refractivity contribution is 5.72. The van der Waals surface area contributed by atoms with E-state index >= 15 is 0 Å². The quantitative estimate of drug-likeness (QED) is 0.389. The van der Waals surface area contributed by atoms with Crippen molar-refractivity contribution >= 4 is 5.97 Å². The van der Waals surface area contributed by atoms with Gasteiger partial charge in [0.15, 0.2) is 0 Å². The average Bonchev–Trinajstić information content (AvgIpc) is 2.54. The highest BCUT2D eigenvalue weighted by Gasteiger charge is 2.40. The van der Waals surface area contributed by atoms with Gasteiger partial charge < -0.3 is 14.6 Å². The van der Waals surface area contributed by atoms with Crippen LogP contribution in [0.1, 0.15) is 18.4 Å². The molecule has 1 N–H and O–H groups in total. The Morgan fingerprint density at radius 1 is 1.41 bits per heavy atom. The molecule has 0 amide bonds. The average molecular weight is 305 g/mol. The summed E-state index contributed by atoms with van der Waals surface area (Å²) >= 11 is 0. The molecule has 1 aromatic rings. The van der Waals surface area contributed by atoms with E-state index in [0.29, 0.717) is 13.0 Å². The fraction of sp³-hybridized carbons (Fsp3) is 0.533. The van der Waals surface area contributed by atoms with Gasteiger partial charge >= 0.3 is 5.97 Å². The Morgan fingerprint density at radius 2 is 2.14 bits per heavy atom. The van der Waals surface area contributed by atoms with Crippen LogP contribution in [0.5, 0.6) is 0 Å². The standard InChI is InChI=1S/C15H19N3O4/c1-21-15(20)11-7-12(17-18-16)14(13(19)8-11)22-9-10-5-3-2-4-6-10/h2-6,11-14,19H,7-9H2,1H3/t11?,12?,13-,14?/m1/s1. The van der Waals surface area contributed by atoms with Crippen LogP contribution in [0, 0.1) is 5.92 Å². The number of carbonyl (C=O) groups excluding carboxylic acids is 1. The zero-order valence-electron chi connectivity index (χ0n) is 12.3. The number of aliphatic hydroxyl groups excluding tert-OH is 1. The molecule has 1 aromatic carbocycles. The van der Waals surface area contributed by atoms with Crippen LogP contribution in [-0.2, 0) is 20.9 Å². The van der Waals surface area contributed by atoms with E-state index in [1.165, 1.54) is 7.11 Å². The summed E-state index contributed by atoms with van der Waals surface area (Å²) in [5, 5.41) is 13.9. The summed E-state index contributed by atoms with van der Waals surface area (Å²) in [5.74, 6) is -0.884. The number of esters is 1. The lowest BCUT2D eigenvalue weighted by atomic mass is 9.82. The summed E-state index contributed by atoms with van der Waals surface area (Å²) in [6, 6.07) is 8.93. The van der Waals surface area contributed by atoms with E-state index in [-0.39, 0.29) is 6.42 Å². The predicted octanol–water partition coefficient (Wildman–Crippen LogP) is 2.19. The first-order valence-corrected chi connectivity index (χ1v) is 7.11. The van der Waals surface area contributed by atoms with E-state index in [2.05, 4.69) is 10.0 Å². The molecule has 22 heavy (non-hydrogen) atoms. The van der Waals surface area contributed by atoms with Gasteiger partial charge in [0.2, 0.25) is 0 Å². The zero-order valence-corrected chi connectivity index (χ0v) is 12.3. The van der Waals surface area contributed by atoms with Crippen molar-refractivity contribution in [1.29, 1.82) is 0 Å². The minimum absolute atomic E-state index is 0.240. The highest BCUT2D eigenvalue weighted by Crippen LogP contribution is 2.30. The molecule has 3 unspecified atom stereocenters. The second-order valence-electron chi connectivity index (χ2n) is 5.29. The van der Waals surface area contributed by atoms with Crippen LogP contribution < -0.4 is 0 Å². The maximum absolute atomic E-state index is 11.6. The van der Waals surface area contributed by atoms with Gasteiger partial charge in [0.1, 0.15) is 0 Å². The molecule has 4 atom stereocenters. The SMILES string of the molecule is COC(=O)C1CC(N=[N+]=[N-])C(OCc2ccccc2)[C@H](O)C1. The number of hydrogen-bond donors (Lipinski definition) is 1. The van der Waals surface area contributed by atoms with Gasteiger partial charge in [-0.1, -0.05) is 35.4 Å². The molecule has 1 aliphatic rings. The molecule has 0 spiro atoms. The number of hydrogen-bond acceptors (Lipinski definition) is 5. The minimum atomic E-state index is -0.878. The lowest BCUT2D eigenvalue weighted by Crippen LogP contribution is -2.47.